The fourth-order valence-corrected chi connectivity index (χ4v) is 2.12. The van der Waals surface area contributed by atoms with Crippen LogP contribution in [0.25, 0.3) is 0 Å². The van der Waals surface area contributed by atoms with Crippen molar-refractivity contribution in [2.45, 2.75) is 12.0 Å². The number of alkyl halides is 2. The fourth-order valence-electron chi connectivity index (χ4n) is 1.85. The van der Waals surface area contributed by atoms with Gasteiger partial charge in [-0.3, -0.25) is 0 Å². The van der Waals surface area contributed by atoms with Crippen LogP contribution in [0.5, 0.6) is 0 Å². The van der Waals surface area contributed by atoms with Crippen LogP contribution in [0, 0.1) is 11.6 Å². The molecule has 0 saturated carbocycles. The molecule has 0 spiro atoms. The van der Waals surface area contributed by atoms with Crippen LogP contribution in [0.1, 0.15) is 5.56 Å². The number of halogens is 4. The van der Waals surface area contributed by atoms with E-state index in [0.29, 0.717) is 0 Å². The Kier molecular flexibility index (Phi) is 3.54. The molecule has 0 aliphatic carbocycles. The van der Waals surface area contributed by atoms with Gasteiger partial charge in [0.2, 0.25) is 0 Å². The molecule has 1 atom stereocenters. The predicted molar refractivity (Wildman–Crippen MR) is 60.6 cm³/mol. The number of nitrogens with one attached hydrogen (secondary N) is 1. The van der Waals surface area contributed by atoms with Crippen LogP contribution in [0.2, 0.25) is 0 Å². The molecule has 18 heavy (non-hydrogen) atoms. The lowest BCUT2D eigenvalue weighted by Crippen LogP contribution is -2.58. The van der Waals surface area contributed by atoms with E-state index in [2.05, 4.69) is 5.32 Å². The summed E-state index contributed by atoms with van der Waals surface area (Å²) >= 11 is 4.76. The third-order valence-corrected chi connectivity index (χ3v) is 2.95. The van der Waals surface area contributed by atoms with Crippen molar-refractivity contribution < 1.29 is 22.3 Å². The molecule has 98 valence electrons. The summed E-state index contributed by atoms with van der Waals surface area (Å²) in [6.45, 7) is -0.494. The number of morpholine rings is 1. The smallest absolute Gasteiger partial charge is 0.267 e. The first kappa shape index (κ1) is 13.2. The van der Waals surface area contributed by atoms with E-state index >= 15 is 0 Å². The number of rotatable bonds is 2. The quantitative estimate of drug-likeness (QED) is 0.663. The van der Waals surface area contributed by atoms with E-state index in [-0.39, 0.29) is 11.6 Å². The zero-order chi connectivity index (χ0) is 13.3. The summed E-state index contributed by atoms with van der Waals surface area (Å²) in [7, 11) is 0. The van der Waals surface area contributed by atoms with Gasteiger partial charge in [-0.05, 0) is 6.07 Å². The second-order valence-electron chi connectivity index (χ2n) is 3.91. The van der Waals surface area contributed by atoms with Gasteiger partial charge >= 0.3 is 0 Å². The molecule has 1 aromatic rings. The van der Waals surface area contributed by atoms with E-state index in [1.54, 1.807) is 0 Å². The van der Waals surface area contributed by atoms with Gasteiger partial charge in [0.05, 0.1) is 13.2 Å². The van der Waals surface area contributed by atoms with Crippen molar-refractivity contribution in [3.8, 4) is 0 Å². The number of hydrogen-bond donors (Lipinski definition) is 1. The zero-order valence-electron chi connectivity index (χ0n) is 9.05. The number of ether oxygens (including phenoxy) is 1. The Balaban J connectivity index is 2.53. The highest BCUT2D eigenvalue weighted by molar-refractivity contribution is 7.80. The Morgan fingerprint density at radius 2 is 2.06 bits per heavy atom. The van der Waals surface area contributed by atoms with Gasteiger partial charge in [-0.15, -0.1) is 0 Å². The maximum absolute atomic E-state index is 13.7. The van der Waals surface area contributed by atoms with Crippen molar-refractivity contribution in [1.82, 2.24) is 5.32 Å². The molecule has 7 heteroatoms. The highest BCUT2D eigenvalue weighted by Gasteiger charge is 2.47. The van der Waals surface area contributed by atoms with Crippen LogP contribution in [-0.4, -0.2) is 24.6 Å². The Morgan fingerprint density at radius 3 is 2.67 bits per heavy atom. The molecular weight excluding hydrogens is 270 g/mol. The monoisotopic (exact) mass is 279 g/mol. The molecule has 1 aliphatic rings. The summed E-state index contributed by atoms with van der Waals surface area (Å²) in [6, 6.07) is 3.12. The summed E-state index contributed by atoms with van der Waals surface area (Å²) < 4.78 is 58.3. The molecule has 1 saturated heterocycles. The van der Waals surface area contributed by atoms with Crippen molar-refractivity contribution >= 4 is 17.2 Å². The molecule has 1 aliphatic heterocycles. The molecule has 0 amide bonds. The molecule has 0 unspecified atom stereocenters. The number of hydrogen-bond acceptors (Lipinski definition) is 2. The Labute approximate surface area is 106 Å². The molecule has 1 N–H and O–H groups in total. The van der Waals surface area contributed by atoms with Crippen molar-refractivity contribution in [2.24, 2.45) is 0 Å². The first-order chi connectivity index (χ1) is 8.47. The van der Waals surface area contributed by atoms with Crippen LogP contribution in [0.3, 0.4) is 0 Å². The van der Waals surface area contributed by atoms with Crippen LogP contribution >= 0.6 is 12.2 Å². The normalized spacial score (nSPS) is 24.2. The van der Waals surface area contributed by atoms with Gasteiger partial charge in [0.25, 0.3) is 6.43 Å². The Morgan fingerprint density at radius 1 is 1.33 bits per heavy atom. The highest BCUT2D eigenvalue weighted by Crippen LogP contribution is 2.33. The molecule has 0 bridgehead atoms. The lowest BCUT2D eigenvalue weighted by atomic mass is 9.89. The molecule has 0 aromatic heterocycles. The topological polar surface area (TPSA) is 21.3 Å². The molecule has 2 rings (SSSR count). The maximum atomic E-state index is 13.7. The standard InChI is InChI=1S/C11H9F4NOS/c12-7-3-1-2-6(9(7)13)11(10(14)15)5-17-4-8(18)16-11/h1-3,10H,4-5H2,(H,16,18)/t11-/m0/s1. The Hall–Kier alpha value is -1.21. The Bertz CT molecular complexity index is 482. The number of thiocarbonyl (C=S) groups is 1. The largest absolute Gasteiger partial charge is 0.371 e. The van der Waals surface area contributed by atoms with Crippen molar-refractivity contribution in [3.63, 3.8) is 0 Å². The van der Waals surface area contributed by atoms with E-state index in [9.17, 15) is 17.6 Å². The van der Waals surface area contributed by atoms with E-state index < -0.39 is 35.8 Å². The van der Waals surface area contributed by atoms with Gasteiger partial charge < -0.3 is 10.1 Å². The predicted octanol–water partition coefficient (Wildman–Crippen LogP) is 2.37. The maximum Gasteiger partial charge on any atom is 0.267 e. The molecule has 1 heterocycles. The van der Waals surface area contributed by atoms with Crippen molar-refractivity contribution in [2.75, 3.05) is 13.2 Å². The van der Waals surface area contributed by atoms with Crippen LogP contribution in [-0.2, 0) is 10.3 Å². The summed E-state index contributed by atoms with van der Waals surface area (Å²) in [6.07, 6.45) is -2.99. The van der Waals surface area contributed by atoms with E-state index in [0.717, 1.165) is 18.2 Å². The van der Waals surface area contributed by atoms with Gasteiger partial charge in [-0.1, -0.05) is 24.4 Å². The minimum absolute atomic E-state index is 0.0132. The van der Waals surface area contributed by atoms with Crippen LogP contribution in [0.15, 0.2) is 18.2 Å². The van der Waals surface area contributed by atoms with E-state index in [1.807, 2.05) is 0 Å². The molecule has 0 radical (unpaired) electrons. The summed E-state index contributed by atoms with van der Waals surface area (Å²) in [5.74, 6) is -2.51. The second kappa shape index (κ2) is 4.81. The summed E-state index contributed by atoms with van der Waals surface area (Å²) in [5, 5.41) is 2.36. The zero-order valence-corrected chi connectivity index (χ0v) is 9.87. The van der Waals surface area contributed by atoms with E-state index in [1.165, 1.54) is 0 Å². The van der Waals surface area contributed by atoms with Gasteiger partial charge in [-0.2, -0.15) is 0 Å². The number of benzene rings is 1. The SMILES string of the molecule is Fc1cccc([C@]2(C(F)F)COCC(=S)N2)c1F. The molecule has 2 nitrogen and oxygen atoms in total. The van der Waals surface area contributed by atoms with E-state index in [4.69, 9.17) is 17.0 Å². The average Bonchev–Trinajstić information content (AvgIpc) is 2.32. The average molecular weight is 279 g/mol. The summed E-state index contributed by atoms with van der Waals surface area (Å²) in [4.78, 5) is 0.0326. The lowest BCUT2D eigenvalue weighted by Gasteiger charge is -2.38. The van der Waals surface area contributed by atoms with Gasteiger partial charge in [-0.25, -0.2) is 17.6 Å². The summed E-state index contributed by atoms with van der Waals surface area (Å²) in [5.41, 5.74) is -2.62. The first-order valence-electron chi connectivity index (χ1n) is 5.09. The molecule has 1 fully saturated rings. The highest BCUT2D eigenvalue weighted by atomic mass is 32.1. The van der Waals surface area contributed by atoms with Gasteiger partial charge in [0, 0.05) is 5.56 Å². The minimum atomic E-state index is -2.99. The lowest BCUT2D eigenvalue weighted by molar-refractivity contribution is -0.0323. The van der Waals surface area contributed by atoms with Gasteiger partial charge in [0.15, 0.2) is 17.2 Å². The van der Waals surface area contributed by atoms with Crippen molar-refractivity contribution in [3.05, 3.63) is 35.4 Å². The molecular formula is C11H9F4NOS. The second-order valence-corrected chi connectivity index (χ2v) is 4.41. The van der Waals surface area contributed by atoms with Crippen molar-refractivity contribution in [1.29, 1.82) is 0 Å². The first-order valence-corrected chi connectivity index (χ1v) is 5.49. The van der Waals surface area contributed by atoms with Gasteiger partial charge in [0.1, 0.15) is 4.99 Å². The molecule has 1 aromatic carbocycles. The third-order valence-electron chi connectivity index (χ3n) is 2.73. The fraction of sp³-hybridized carbons (Fsp3) is 0.364. The van der Waals surface area contributed by atoms with Crippen LogP contribution in [0.4, 0.5) is 17.6 Å². The third kappa shape index (κ3) is 2.08. The minimum Gasteiger partial charge on any atom is -0.371 e. The van der Waals surface area contributed by atoms with Crippen LogP contribution < -0.4 is 5.32 Å².